The highest BCUT2D eigenvalue weighted by atomic mass is 16.7. The smallest absolute Gasteiger partial charge is 0.189 e. The van der Waals surface area contributed by atoms with Crippen LogP contribution in [0.25, 0.3) is 0 Å². The number of nitrogens with zero attached hydrogens (tertiary/aromatic N) is 1. The van der Waals surface area contributed by atoms with Crippen LogP contribution in [-0.2, 0) is 4.74 Å². The number of hydrogen-bond acceptors (Lipinski definition) is 6. The fourth-order valence-electron chi connectivity index (χ4n) is 2.17. The van der Waals surface area contributed by atoms with Crippen LogP contribution in [0, 0.1) is 0 Å². The minimum Gasteiger partial charge on any atom is -0.493 e. The zero-order valence-electron chi connectivity index (χ0n) is 12.3. The highest BCUT2D eigenvalue weighted by molar-refractivity contribution is 5.76. The first kappa shape index (κ1) is 15.8. The van der Waals surface area contributed by atoms with Gasteiger partial charge in [-0.2, -0.15) is 5.48 Å². The molecule has 6 heteroatoms. The van der Waals surface area contributed by atoms with Crippen molar-refractivity contribution in [3.8, 4) is 11.5 Å². The first-order valence-corrected chi connectivity index (χ1v) is 7.16. The van der Waals surface area contributed by atoms with Crippen molar-refractivity contribution in [3.05, 3.63) is 23.8 Å². The molecule has 0 bridgehead atoms. The Labute approximate surface area is 124 Å². The summed E-state index contributed by atoms with van der Waals surface area (Å²) in [6.45, 7) is 5.38. The van der Waals surface area contributed by atoms with E-state index < -0.39 is 0 Å². The Kier molecular flexibility index (Phi) is 6.46. The molecule has 0 spiro atoms. The monoisotopic (exact) mass is 294 g/mol. The maximum absolute atomic E-state index is 10.8. The Balaban J connectivity index is 1.71. The molecule has 6 nitrogen and oxygen atoms in total. The van der Waals surface area contributed by atoms with E-state index in [9.17, 15) is 4.79 Å². The van der Waals surface area contributed by atoms with Crippen LogP contribution in [0.4, 0.5) is 0 Å². The van der Waals surface area contributed by atoms with Crippen LogP contribution < -0.4 is 15.1 Å². The average Bonchev–Trinajstić information content (AvgIpc) is 2.55. The van der Waals surface area contributed by atoms with E-state index in [-0.39, 0.29) is 0 Å². The van der Waals surface area contributed by atoms with Crippen molar-refractivity contribution >= 4 is 6.29 Å². The molecule has 21 heavy (non-hydrogen) atoms. The lowest BCUT2D eigenvalue weighted by molar-refractivity contribution is 0.0363. The number of aldehydes is 1. The van der Waals surface area contributed by atoms with Crippen molar-refractivity contribution in [1.29, 1.82) is 0 Å². The van der Waals surface area contributed by atoms with Gasteiger partial charge in [-0.3, -0.25) is 9.69 Å². The zero-order valence-corrected chi connectivity index (χ0v) is 12.3. The Bertz CT molecular complexity index is 447. The van der Waals surface area contributed by atoms with Crippen LogP contribution in [0.2, 0.25) is 0 Å². The third kappa shape index (κ3) is 5.00. The molecule has 0 atom stereocenters. The summed E-state index contributed by atoms with van der Waals surface area (Å²) in [7, 11) is 1.57. The molecule has 1 aromatic rings. The van der Waals surface area contributed by atoms with Gasteiger partial charge in [0, 0.05) is 25.2 Å². The molecule has 0 radical (unpaired) electrons. The van der Waals surface area contributed by atoms with E-state index in [4.69, 9.17) is 14.3 Å². The van der Waals surface area contributed by atoms with Crippen molar-refractivity contribution < 1.29 is 19.1 Å². The fourth-order valence-corrected chi connectivity index (χ4v) is 2.17. The van der Waals surface area contributed by atoms with E-state index in [1.54, 1.807) is 25.3 Å². The number of carbonyl (C=O) groups is 1. The molecule has 0 aromatic heterocycles. The minimum atomic E-state index is 0.522. The number of rotatable bonds is 8. The van der Waals surface area contributed by atoms with Gasteiger partial charge < -0.3 is 14.3 Å². The maximum Gasteiger partial charge on any atom is 0.189 e. The number of morpholine rings is 1. The number of hydroxylamine groups is 1. The number of carbonyl (C=O) groups excluding carboxylic acids is 1. The van der Waals surface area contributed by atoms with Gasteiger partial charge >= 0.3 is 0 Å². The highest BCUT2D eigenvalue weighted by Gasteiger charge is 2.09. The predicted octanol–water partition coefficient (Wildman–Crippen LogP) is 1.11. The topological polar surface area (TPSA) is 60.0 Å². The van der Waals surface area contributed by atoms with Gasteiger partial charge in [0.25, 0.3) is 0 Å². The lowest BCUT2D eigenvalue weighted by Crippen LogP contribution is -2.37. The normalized spacial score (nSPS) is 15.7. The van der Waals surface area contributed by atoms with Gasteiger partial charge in [-0.1, -0.05) is 0 Å². The molecule has 0 amide bonds. The summed E-state index contributed by atoms with van der Waals surface area (Å²) in [4.78, 5) is 18.6. The molecule has 1 aliphatic rings. The molecular formula is C15H22N2O4. The zero-order chi connectivity index (χ0) is 14.9. The highest BCUT2D eigenvalue weighted by Crippen LogP contribution is 2.26. The van der Waals surface area contributed by atoms with Gasteiger partial charge in [-0.15, -0.1) is 0 Å². The SMILES string of the molecule is COc1ccc(C=O)cc1ONCCCN1CCOCC1. The van der Waals surface area contributed by atoms with Crippen LogP contribution in [0.1, 0.15) is 16.8 Å². The molecule has 1 saturated heterocycles. The first-order chi connectivity index (χ1) is 10.3. The van der Waals surface area contributed by atoms with Gasteiger partial charge in [0.05, 0.1) is 20.3 Å². The molecule has 0 saturated carbocycles. The summed E-state index contributed by atoms with van der Waals surface area (Å²) in [5.74, 6) is 1.12. The molecular weight excluding hydrogens is 272 g/mol. The van der Waals surface area contributed by atoms with Crippen LogP contribution in [0.15, 0.2) is 18.2 Å². The summed E-state index contributed by atoms with van der Waals surface area (Å²) in [6, 6.07) is 5.06. The molecule has 1 fully saturated rings. The number of hydrogen-bond donors (Lipinski definition) is 1. The number of nitrogens with one attached hydrogen (secondary N) is 1. The predicted molar refractivity (Wildman–Crippen MR) is 78.9 cm³/mol. The quantitative estimate of drug-likeness (QED) is 0.440. The minimum absolute atomic E-state index is 0.522. The third-order valence-electron chi connectivity index (χ3n) is 3.36. The van der Waals surface area contributed by atoms with Gasteiger partial charge in [-0.25, -0.2) is 0 Å². The van der Waals surface area contributed by atoms with E-state index in [0.29, 0.717) is 17.1 Å². The Morgan fingerprint density at radius 2 is 2.14 bits per heavy atom. The summed E-state index contributed by atoms with van der Waals surface area (Å²) in [6.07, 6.45) is 1.76. The van der Waals surface area contributed by atoms with Gasteiger partial charge in [-0.05, 0) is 31.2 Å². The standard InChI is InChI=1S/C15H22N2O4/c1-19-14-4-3-13(12-18)11-15(14)21-16-5-2-6-17-7-9-20-10-8-17/h3-4,11-12,16H,2,5-10H2,1H3. The second kappa shape index (κ2) is 8.61. The summed E-state index contributed by atoms with van der Waals surface area (Å²) < 4.78 is 10.5. The maximum atomic E-state index is 10.8. The van der Waals surface area contributed by atoms with Crippen LogP contribution in [0.3, 0.4) is 0 Å². The second-order valence-electron chi connectivity index (χ2n) is 4.83. The van der Waals surface area contributed by atoms with Gasteiger partial charge in [0.15, 0.2) is 11.5 Å². The Morgan fingerprint density at radius 3 is 2.86 bits per heavy atom. The number of ether oxygens (including phenoxy) is 2. The Hall–Kier alpha value is -1.63. The van der Waals surface area contributed by atoms with Crippen molar-refractivity contribution in [2.45, 2.75) is 6.42 Å². The van der Waals surface area contributed by atoms with Crippen molar-refractivity contribution in [1.82, 2.24) is 10.4 Å². The summed E-state index contributed by atoms with van der Waals surface area (Å²) in [5.41, 5.74) is 3.47. The second-order valence-corrected chi connectivity index (χ2v) is 4.83. The lowest BCUT2D eigenvalue weighted by atomic mass is 10.2. The largest absolute Gasteiger partial charge is 0.493 e. The van der Waals surface area contributed by atoms with E-state index in [2.05, 4.69) is 10.4 Å². The van der Waals surface area contributed by atoms with Crippen molar-refractivity contribution in [2.24, 2.45) is 0 Å². The number of methoxy groups -OCH3 is 1. The molecule has 116 valence electrons. The van der Waals surface area contributed by atoms with Crippen LogP contribution >= 0.6 is 0 Å². The lowest BCUT2D eigenvalue weighted by Gasteiger charge is -2.26. The van der Waals surface area contributed by atoms with Gasteiger partial charge in [0.2, 0.25) is 0 Å². The summed E-state index contributed by atoms with van der Waals surface area (Å²) >= 11 is 0. The van der Waals surface area contributed by atoms with Crippen LogP contribution in [-0.4, -0.2) is 57.7 Å². The molecule has 0 unspecified atom stereocenters. The molecule has 2 rings (SSSR count). The number of benzene rings is 1. The van der Waals surface area contributed by atoms with Crippen LogP contribution in [0.5, 0.6) is 11.5 Å². The van der Waals surface area contributed by atoms with E-state index in [0.717, 1.165) is 52.1 Å². The first-order valence-electron chi connectivity index (χ1n) is 7.16. The van der Waals surface area contributed by atoms with E-state index >= 15 is 0 Å². The average molecular weight is 294 g/mol. The summed E-state index contributed by atoms with van der Waals surface area (Å²) in [5, 5.41) is 0. The molecule has 1 N–H and O–H groups in total. The molecule has 0 aliphatic carbocycles. The van der Waals surface area contributed by atoms with Crippen molar-refractivity contribution in [3.63, 3.8) is 0 Å². The Morgan fingerprint density at radius 1 is 1.33 bits per heavy atom. The van der Waals surface area contributed by atoms with Gasteiger partial charge in [0.1, 0.15) is 6.29 Å². The molecule has 1 aromatic carbocycles. The molecule has 1 heterocycles. The third-order valence-corrected chi connectivity index (χ3v) is 3.36. The van der Waals surface area contributed by atoms with E-state index in [1.165, 1.54) is 0 Å². The van der Waals surface area contributed by atoms with Crippen molar-refractivity contribution in [2.75, 3.05) is 46.5 Å². The molecule has 1 aliphatic heterocycles. The van der Waals surface area contributed by atoms with E-state index in [1.807, 2.05) is 0 Å². The fraction of sp³-hybridized carbons (Fsp3) is 0.533.